The molecule has 0 aliphatic carbocycles. The molecule has 0 radical (unpaired) electrons. The molecule has 0 atom stereocenters. The molecule has 2 aromatic rings. The molecule has 0 unspecified atom stereocenters. The number of rotatable bonds is 11. The lowest BCUT2D eigenvalue weighted by atomic mass is 10.1. The van der Waals surface area contributed by atoms with Gasteiger partial charge in [0.1, 0.15) is 22.8 Å². The van der Waals surface area contributed by atoms with E-state index in [2.05, 4.69) is 11.7 Å². The fourth-order valence-corrected chi connectivity index (χ4v) is 2.78. The number of methoxy groups -OCH3 is 1. The topological polar surface area (TPSA) is 82.1 Å². The van der Waals surface area contributed by atoms with E-state index < -0.39 is 11.9 Å². The lowest BCUT2D eigenvalue weighted by Crippen LogP contribution is -2.09. The maximum absolute atomic E-state index is 12.3. The minimum Gasteiger partial charge on any atom is -0.507 e. The second-order valence-electron chi connectivity index (χ2n) is 6.70. The first-order chi connectivity index (χ1) is 14.0. The molecule has 2 rings (SSSR count). The molecule has 0 heterocycles. The third kappa shape index (κ3) is 7.14. The van der Waals surface area contributed by atoms with E-state index >= 15 is 0 Å². The van der Waals surface area contributed by atoms with Crippen LogP contribution >= 0.6 is 0 Å². The van der Waals surface area contributed by atoms with Gasteiger partial charge in [0.15, 0.2) is 0 Å². The average Bonchev–Trinajstić information content (AvgIpc) is 2.74. The Morgan fingerprint density at radius 1 is 0.862 bits per heavy atom. The minimum atomic E-state index is -0.715. The summed E-state index contributed by atoms with van der Waals surface area (Å²) in [6, 6.07) is 10.6. The highest BCUT2D eigenvalue weighted by atomic mass is 16.5. The highest BCUT2D eigenvalue weighted by molar-refractivity contribution is 5.94. The number of phenolic OH excluding ortho intramolecular Hbond substituents is 1. The van der Waals surface area contributed by atoms with Crippen LogP contribution in [0.1, 0.15) is 66.2 Å². The molecule has 0 aliphatic heterocycles. The summed E-state index contributed by atoms with van der Waals surface area (Å²) in [5.41, 5.74) is 0.279. The van der Waals surface area contributed by atoms with Gasteiger partial charge in [-0.05, 0) is 48.9 Å². The zero-order chi connectivity index (χ0) is 21.1. The minimum absolute atomic E-state index is 0.0729. The zero-order valence-corrected chi connectivity index (χ0v) is 17.0. The SMILES string of the molecule is CCCCCCCCOc1ccc(C(=O)Oc2ccc(O)c(C(=O)OC)c2)cc1. The fraction of sp³-hybridized carbons (Fsp3) is 0.391. The van der Waals surface area contributed by atoms with Crippen LogP contribution in [-0.2, 0) is 4.74 Å². The maximum atomic E-state index is 12.3. The second-order valence-corrected chi connectivity index (χ2v) is 6.70. The number of hydrogen-bond donors (Lipinski definition) is 1. The molecule has 0 amide bonds. The molecule has 0 aromatic heterocycles. The molecule has 0 aliphatic rings. The molecule has 0 saturated heterocycles. The summed E-state index contributed by atoms with van der Waals surface area (Å²) in [6.45, 7) is 2.85. The predicted molar refractivity (Wildman–Crippen MR) is 110 cm³/mol. The number of aromatic hydroxyl groups is 1. The van der Waals surface area contributed by atoms with Crippen LogP contribution < -0.4 is 9.47 Å². The maximum Gasteiger partial charge on any atom is 0.343 e. The number of phenols is 1. The van der Waals surface area contributed by atoms with E-state index in [9.17, 15) is 14.7 Å². The summed E-state index contributed by atoms with van der Waals surface area (Å²) in [4.78, 5) is 23.9. The van der Waals surface area contributed by atoms with Crippen LogP contribution in [0.15, 0.2) is 42.5 Å². The number of unbranched alkanes of at least 4 members (excludes halogenated alkanes) is 5. The largest absolute Gasteiger partial charge is 0.507 e. The van der Waals surface area contributed by atoms with Gasteiger partial charge in [-0.2, -0.15) is 0 Å². The van der Waals surface area contributed by atoms with Gasteiger partial charge in [0.25, 0.3) is 0 Å². The van der Waals surface area contributed by atoms with Gasteiger partial charge in [-0.3, -0.25) is 0 Å². The summed E-state index contributed by atoms with van der Waals surface area (Å²) >= 11 is 0. The highest BCUT2D eigenvalue weighted by Crippen LogP contribution is 2.24. The Morgan fingerprint density at radius 3 is 2.21 bits per heavy atom. The number of carbonyl (C=O) groups is 2. The first-order valence-electron chi connectivity index (χ1n) is 9.91. The van der Waals surface area contributed by atoms with Crippen molar-refractivity contribution in [2.45, 2.75) is 45.4 Å². The summed E-state index contributed by atoms with van der Waals surface area (Å²) < 4.78 is 15.6. The van der Waals surface area contributed by atoms with Crippen LogP contribution in [0.3, 0.4) is 0 Å². The highest BCUT2D eigenvalue weighted by Gasteiger charge is 2.15. The quantitative estimate of drug-likeness (QED) is 0.320. The van der Waals surface area contributed by atoms with Gasteiger partial charge in [-0.15, -0.1) is 0 Å². The normalized spacial score (nSPS) is 10.4. The smallest absolute Gasteiger partial charge is 0.343 e. The van der Waals surface area contributed by atoms with Crippen LogP contribution in [-0.4, -0.2) is 30.8 Å². The van der Waals surface area contributed by atoms with E-state index in [-0.39, 0.29) is 17.1 Å². The van der Waals surface area contributed by atoms with E-state index in [0.717, 1.165) is 12.8 Å². The van der Waals surface area contributed by atoms with Gasteiger partial charge in [0, 0.05) is 0 Å². The number of esters is 2. The van der Waals surface area contributed by atoms with Crippen LogP contribution in [0, 0.1) is 0 Å². The number of ether oxygens (including phenoxy) is 3. The number of benzene rings is 2. The Bertz CT molecular complexity index is 798. The van der Waals surface area contributed by atoms with Crippen molar-refractivity contribution in [3.8, 4) is 17.2 Å². The van der Waals surface area contributed by atoms with E-state index in [0.29, 0.717) is 17.9 Å². The summed E-state index contributed by atoms with van der Waals surface area (Å²) in [5, 5.41) is 9.71. The van der Waals surface area contributed by atoms with Gasteiger partial charge in [-0.25, -0.2) is 9.59 Å². The van der Waals surface area contributed by atoms with Gasteiger partial charge in [0.2, 0.25) is 0 Å². The van der Waals surface area contributed by atoms with Crippen LogP contribution in [0.2, 0.25) is 0 Å². The Kier molecular flexibility index (Phi) is 9.02. The van der Waals surface area contributed by atoms with Gasteiger partial charge >= 0.3 is 11.9 Å². The summed E-state index contributed by atoms with van der Waals surface area (Å²) in [7, 11) is 1.20. The van der Waals surface area contributed by atoms with Crippen molar-refractivity contribution in [2.24, 2.45) is 0 Å². The fourth-order valence-electron chi connectivity index (χ4n) is 2.78. The molecule has 0 spiro atoms. The molecular weight excluding hydrogens is 372 g/mol. The first kappa shape index (κ1) is 22.3. The molecule has 156 valence electrons. The standard InChI is InChI=1S/C23H28O6/c1-3-4-5-6-7-8-15-28-18-11-9-17(10-12-18)22(25)29-19-13-14-21(24)20(16-19)23(26)27-2/h9-14,16,24H,3-8,15H2,1-2H3. The molecular formula is C23H28O6. The molecule has 6 nitrogen and oxygen atoms in total. The van der Waals surface area contributed by atoms with E-state index in [1.165, 1.54) is 51.0 Å². The Morgan fingerprint density at radius 2 is 1.52 bits per heavy atom. The Balaban J connectivity index is 1.85. The molecule has 29 heavy (non-hydrogen) atoms. The summed E-state index contributed by atoms with van der Waals surface area (Å²) in [6.07, 6.45) is 7.20. The third-order valence-corrected chi connectivity index (χ3v) is 4.44. The second kappa shape index (κ2) is 11.7. The van der Waals surface area contributed by atoms with E-state index in [1.807, 2.05) is 0 Å². The molecule has 1 N–H and O–H groups in total. The summed E-state index contributed by atoms with van der Waals surface area (Å²) in [5.74, 6) is -0.700. The zero-order valence-electron chi connectivity index (χ0n) is 17.0. The van der Waals surface area contributed by atoms with Crippen molar-refractivity contribution in [3.63, 3.8) is 0 Å². The van der Waals surface area contributed by atoms with E-state index in [4.69, 9.17) is 9.47 Å². The molecule has 0 bridgehead atoms. The van der Waals surface area contributed by atoms with Gasteiger partial charge in [-0.1, -0.05) is 39.0 Å². The van der Waals surface area contributed by atoms with Crippen LogP contribution in [0.5, 0.6) is 17.2 Å². The average molecular weight is 400 g/mol. The van der Waals surface area contributed by atoms with Crippen molar-refractivity contribution in [3.05, 3.63) is 53.6 Å². The van der Waals surface area contributed by atoms with Gasteiger partial charge in [0.05, 0.1) is 19.3 Å². The lowest BCUT2D eigenvalue weighted by molar-refractivity contribution is 0.0594. The van der Waals surface area contributed by atoms with Crippen LogP contribution in [0.4, 0.5) is 0 Å². The van der Waals surface area contributed by atoms with Crippen LogP contribution in [0.25, 0.3) is 0 Å². The predicted octanol–water partition coefficient (Wildman–Crippen LogP) is 5.14. The number of hydrogen-bond acceptors (Lipinski definition) is 6. The van der Waals surface area contributed by atoms with Crippen molar-refractivity contribution in [1.29, 1.82) is 0 Å². The first-order valence-corrected chi connectivity index (χ1v) is 9.91. The molecule has 2 aromatic carbocycles. The number of carbonyl (C=O) groups excluding carboxylic acids is 2. The Labute approximate surface area is 171 Å². The monoisotopic (exact) mass is 400 g/mol. The van der Waals surface area contributed by atoms with Crippen molar-refractivity contribution < 1.29 is 28.9 Å². The Hall–Kier alpha value is -3.02. The van der Waals surface area contributed by atoms with Gasteiger partial charge < -0.3 is 19.3 Å². The molecule has 6 heteroatoms. The third-order valence-electron chi connectivity index (χ3n) is 4.44. The molecule has 0 saturated carbocycles. The van der Waals surface area contributed by atoms with Crippen molar-refractivity contribution in [2.75, 3.05) is 13.7 Å². The molecule has 0 fully saturated rings. The van der Waals surface area contributed by atoms with Crippen molar-refractivity contribution in [1.82, 2.24) is 0 Å². The van der Waals surface area contributed by atoms with Crippen molar-refractivity contribution >= 4 is 11.9 Å². The van der Waals surface area contributed by atoms with E-state index in [1.54, 1.807) is 24.3 Å². The lowest BCUT2D eigenvalue weighted by Gasteiger charge is -2.09.